The molecule has 1 aliphatic heterocycles. The molecule has 1 nitrogen and oxygen atoms in total. The Hall–Kier alpha value is -0.510. The summed E-state index contributed by atoms with van der Waals surface area (Å²) in [7, 11) is 0. The summed E-state index contributed by atoms with van der Waals surface area (Å²) in [6.07, 6.45) is 0. The molecular formula is C16H13Br2ClO. The van der Waals surface area contributed by atoms with Crippen LogP contribution < -0.4 is 4.74 Å². The highest BCUT2D eigenvalue weighted by Crippen LogP contribution is 2.46. The van der Waals surface area contributed by atoms with Gasteiger partial charge < -0.3 is 4.74 Å². The number of hydrogen-bond acceptors (Lipinski definition) is 1. The van der Waals surface area contributed by atoms with Crippen LogP contribution in [0.4, 0.5) is 0 Å². The van der Waals surface area contributed by atoms with Gasteiger partial charge in [-0.3, -0.25) is 0 Å². The molecular weight excluding hydrogens is 403 g/mol. The topological polar surface area (TPSA) is 9.23 Å². The zero-order chi connectivity index (χ0) is 14.3. The Morgan fingerprint density at radius 3 is 2.75 bits per heavy atom. The molecule has 2 atom stereocenters. The van der Waals surface area contributed by atoms with E-state index >= 15 is 0 Å². The molecule has 2 aromatic carbocycles. The third-order valence-corrected chi connectivity index (χ3v) is 5.75. The van der Waals surface area contributed by atoms with E-state index in [1.54, 1.807) is 0 Å². The van der Waals surface area contributed by atoms with Crippen molar-refractivity contribution in [3.63, 3.8) is 0 Å². The molecule has 0 aliphatic carbocycles. The maximum absolute atomic E-state index is 6.74. The minimum Gasteiger partial charge on any atom is -0.493 e. The highest BCUT2D eigenvalue weighted by Gasteiger charge is 2.32. The first kappa shape index (κ1) is 14.4. The molecule has 0 fully saturated rings. The van der Waals surface area contributed by atoms with E-state index in [1.165, 1.54) is 11.1 Å². The lowest BCUT2D eigenvalue weighted by Gasteiger charge is -2.19. The zero-order valence-electron chi connectivity index (χ0n) is 10.9. The fourth-order valence-electron chi connectivity index (χ4n) is 2.52. The zero-order valence-corrected chi connectivity index (χ0v) is 14.8. The molecule has 4 heteroatoms. The fourth-order valence-corrected chi connectivity index (χ4v) is 4.11. The van der Waals surface area contributed by atoms with Gasteiger partial charge in [0, 0.05) is 20.4 Å². The predicted molar refractivity (Wildman–Crippen MR) is 89.9 cm³/mol. The van der Waals surface area contributed by atoms with E-state index in [1.807, 2.05) is 18.2 Å². The summed E-state index contributed by atoms with van der Waals surface area (Å²) in [5.74, 6) is 1.13. The summed E-state index contributed by atoms with van der Waals surface area (Å²) in [5, 5.41) is -0.120. The van der Waals surface area contributed by atoms with Crippen LogP contribution in [0.25, 0.3) is 0 Å². The highest BCUT2D eigenvalue weighted by atomic mass is 79.9. The lowest BCUT2D eigenvalue weighted by Crippen LogP contribution is -2.09. The molecule has 1 aliphatic rings. The van der Waals surface area contributed by atoms with E-state index in [9.17, 15) is 0 Å². The van der Waals surface area contributed by atoms with Crippen LogP contribution in [0.15, 0.2) is 45.3 Å². The van der Waals surface area contributed by atoms with E-state index in [0.29, 0.717) is 6.61 Å². The number of benzene rings is 2. The maximum Gasteiger partial charge on any atom is 0.122 e. The molecule has 0 N–H and O–H groups in total. The number of hydrogen-bond donors (Lipinski definition) is 0. The lowest BCUT2D eigenvalue weighted by molar-refractivity contribution is 0.328. The van der Waals surface area contributed by atoms with Gasteiger partial charge in [0.15, 0.2) is 0 Å². The third kappa shape index (κ3) is 2.51. The first-order valence-electron chi connectivity index (χ1n) is 6.39. The second kappa shape index (κ2) is 5.70. The molecule has 0 aromatic heterocycles. The van der Waals surface area contributed by atoms with Crippen LogP contribution >= 0.6 is 43.5 Å². The van der Waals surface area contributed by atoms with Crippen molar-refractivity contribution >= 4 is 43.5 Å². The second-order valence-corrected chi connectivity index (χ2v) is 7.16. The number of para-hydroxylation sites is 1. The van der Waals surface area contributed by atoms with Gasteiger partial charge in [-0.05, 0) is 36.2 Å². The van der Waals surface area contributed by atoms with Crippen LogP contribution in [0.1, 0.15) is 28.0 Å². The van der Waals surface area contributed by atoms with E-state index in [2.05, 4.69) is 57.0 Å². The highest BCUT2D eigenvalue weighted by molar-refractivity contribution is 9.11. The normalized spacial score (nSPS) is 18.5. The number of ether oxygens (including phenoxy) is 1. The maximum atomic E-state index is 6.74. The molecule has 0 spiro atoms. The van der Waals surface area contributed by atoms with Gasteiger partial charge in [0.2, 0.25) is 0 Å². The summed E-state index contributed by atoms with van der Waals surface area (Å²) in [6.45, 7) is 2.70. The number of alkyl halides is 1. The Balaban J connectivity index is 1.98. The van der Waals surface area contributed by atoms with Gasteiger partial charge in [-0.25, -0.2) is 0 Å². The minimum absolute atomic E-state index is 0.120. The summed E-state index contributed by atoms with van der Waals surface area (Å²) < 4.78 is 7.86. The van der Waals surface area contributed by atoms with Crippen LogP contribution in [-0.4, -0.2) is 6.61 Å². The van der Waals surface area contributed by atoms with Crippen LogP contribution in [0.3, 0.4) is 0 Å². The van der Waals surface area contributed by atoms with Crippen molar-refractivity contribution in [2.45, 2.75) is 18.2 Å². The smallest absolute Gasteiger partial charge is 0.122 e. The molecule has 2 aromatic rings. The molecule has 0 bridgehead atoms. The van der Waals surface area contributed by atoms with E-state index in [0.717, 1.165) is 20.3 Å². The van der Waals surface area contributed by atoms with Crippen LogP contribution in [0, 0.1) is 6.92 Å². The van der Waals surface area contributed by atoms with Crippen molar-refractivity contribution < 1.29 is 4.74 Å². The number of rotatable bonds is 2. The van der Waals surface area contributed by atoms with E-state index < -0.39 is 0 Å². The van der Waals surface area contributed by atoms with Crippen LogP contribution in [0.2, 0.25) is 0 Å². The quantitative estimate of drug-likeness (QED) is 0.548. The molecule has 0 saturated carbocycles. The van der Waals surface area contributed by atoms with Crippen LogP contribution in [-0.2, 0) is 0 Å². The van der Waals surface area contributed by atoms with Gasteiger partial charge in [-0.2, -0.15) is 0 Å². The first-order chi connectivity index (χ1) is 9.58. The van der Waals surface area contributed by atoms with Gasteiger partial charge in [-0.1, -0.05) is 50.1 Å². The second-order valence-electron chi connectivity index (χ2n) is 4.98. The molecule has 0 saturated heterocycles. The van der Waals surface area contributed by atoms with Crippen molar-refractivity contribution in [2.75, 3.05) is 6.61 Å². The van der Waals surface area contributed by atoms with Crippen molar-refractivity contribution in [3.05, 3.63) is 62.0 Å². The lowest BCUT2D eigenvalue weighted by atomic mass is 9.93. The van der Waals surface area contributed by atoms with Gasteiger partial charge in [0.25, 0.3) is 0 Å². The Morgan fingerprint density at radius 1 is 1.20 bits per heavy atom. The average molecular weight is 417 g/mol. The Morgan fingerprint density at radius 2 is 1.95 bits per heavy atom. The SMILES string of the molecule is Cc1cc(Br)c(C(Cl)C2COc3ccccc32)cc1Br. The van der Waals surface area contributed by atoms with Gasteiger partial charge >= 0.3 is 0 Å². The molecule has 1 heterocycles. The number of fused-ring (bicyclic) bond motifs is 1. The first-order valence-corrected chi connectivity index (χ1v) is 8.41. The Labute approximate surface area is 140 Å². The molecule has 2 unspecified atom stereocenters. The van der Waals surface area contributed by atoms with Crippen molar-refractivity contribution in [2.24, 2.45) is 0 Å². The summed E-state index contributed by atoms with van der Waals surface area (Å²) in [4.78, 5) is 0. The molecule has 0 amide bonds. The van der Waals surface area contributed by atoms with Crippen LogP contribution in [0.5, 0.6) is 5.75 Å². The predicted octanol–water partition coefficient (Wildman–Crippen LogP) is 5.98. The van der Waals surface area contributed by atoms with Gasteiger partial charge in [-0.15, -0.1) is 11.6 Å². The van der Waals surface area contributed by atoms with Crippen molar-refractivity contribution in [1.29, 1.82) is 0 Å². The molecule has 104 valence electrons. The summed E-state index contributed by atoms with van der Waals surface area (Å²) >= 11 is 13.9. The Kier molecular flexibility index (Phi) is 4.11. The number of halogens is 3. The minimum atomic E-state index is -0.120. The Bertz CT molecular complexity index is 657. The average Bonchev–Trinajstić information content (AvgIpc) is 2.86. The standard InChI is InChI=1S/C16H13Br2ClO/c1-9-6-14(18)11(7-13(9)17)16(19)12-8-20-15-5-3-2-4-10(12)15/h2-7,12,16H,8H2,1H3. The molecule has 3 rings (SSSR count). The van der Waals surface area contributed by atoms with Crippen molar-refractivity contribution in [1.82, 2.24) is 0 Å². The molecule has 20 heavy (non-hydrogen) atoms. The van der Waals surface area contributed by atoms with E-state index in [4.69, 9.17) is 16.3 Å². The number of aryl methyl sites for hydroxylation is 1. The van der Waals surface area contributed by atoms with Gasteiger partial charge in [0.05, 0.1) is 12.0 Å². The summed E-state index contributed by atoms with van der Waals surface area (Å²) in [6, 6.07) is 12.3. The fraction of sp³-hybridized carbons (Fsp3) is 0.250. The monoisotopic (exact) mass is 414 g/mol. The van der Waals surface area contributed by atoms with E-state index in [-0.39, 0.29) is 11.3 Å². The van der Waals surface area contributed by atoms with Gasteiger partial charge in [0.1, 0.15) is 5.75 Å². The molecule has 0 radical (unpaired) electrons. The van der Waals surface area contributed by atoms with Crippen molar-refractivity contribution in [3.8, 4) is 5.75 Å². The summed E-state index contributed by atoms with van der Waals surface area (Å²) in [5.41, 5.74) is 3.47. The third-order valence-electron chi connectivity index (χ3n) is 3.67. The largest absolute Gasteiger partial charge is 0.493 e.